The third kappa shape index (κ3) is 2.91. The van der Waals surface area contributed by atoms with Crippen LogP contribution in [0.3, 0.4) is 0 Å². The van der Waals surface area contributed by atoms with Crippen molar-refractivity contribution in [1.29, 1.82) is 0 Å². The quantitative estimate of drug-likeness (QED) is 0.535. The lowest BCUT2D eigenvalue weighted by molar-refractivity contribution is 0.399. The fourth-order valence-electron chi connectivity index (χ4n) is 3.33. The van der Waals surface area contributed by atoms with E-state index in [1.54, 1.807) is 0 Å². The Hall–Kier alpha value is -3.01. The first-order valence-electron chi connectivity index (χ1n) is 8.45. The van der Waals surface area contributed by atoms with Crippen molar-refractivity contribution < 1.29 is 4.52 Å². The van der Waals surface area contributed by atoms with Crippen LogP contribution >= 0.6 is 0 Å². The van der Waals surface area contributed by atoms with Gasteiger partial charge in [0.25, 0.3) is 0 Å². The van der Waals surface area contributed by atoms with Gasteiger partial charge in [0.05, 0.1) is 6.04 Å². The molecule has 126 valence electrons. The molecular weight excluding hydrogens is 310 g/mol. The van der Waals surface area contributed by atoms with Crippen molar-refractivity contribution in [2.45, 2.75) is 26.8 Å². The molecule has 2 aromatic heterocycles. The molecule has 0 aliphatic heterocycles. The van der Waals surface area contributed by atoms with Gasteiger partial charge in [-0.3, -0.25) is 0 Å². The lowest BCUT2D eigenvalue weighted by atomic mass is 9.95. The first-order valence-corrected chi connectivity index (χ1v) is 8.45. The maximum Gasteiger partial charge on any atom is 0.170 e. The fraction of sp³-hybridized carbons (Fsp3) is 0.190. The molecule has 0 bridgehead atoms. The van der Waals surface area contributed by atoms with Gasteiger partial charge in [-0.15, -0.1) is 0 Å². The number of aromatic amines is 1. The number of fused-ring (bicyclic) bond motifs is 1. The number of H-pyrrole nitrogens is 1. The van der Waals surface area contributed by atoms with Gasteiger partial charge in [-0.05, 0) is 32.4 Å². The summed E-state index contributed by atoms with van der Waals surface area (Å²) >= 11 is 0. The Morgan fingerprint density at radius 1 is 1.00 bits per heavy atom. The number of anilines is 1. The fourth-order valence-corrected chi connectivity index (χ4v) is 3.33. The number of hydrogen-bond donors (Lipinski definition) is 2. The van der Waals surface area contributed by atoms with Crippen molar-refractivity contribution in [3.8, 4) is 0 Å². The summed E-state index contributed by atoms with van der Waals surface area (Å²) in [5.41, 5.74) is 5.97. The van der Waals surface area contributed by atoms with Gasteiger partial charge in [-0.2, -0.15) is 0 Å². The van der Waals surface area contributed by atoms with Crippen LogP contribution in [0.15, 0.2) is 59.1 Å². The average Bonchev–Trinajstić information content (AvgIpc) is 3.16. The minimum atomic E-state index is -0.0127. The molecule has 2 aromatic carbocycles. The molecular formula is C21H21N3O. The van der Waals surface area contributed by atoms with E-state index in [2.05, 4.69) is 77.8 Å². The lowest BCUT2D eigenvalue weighted by Crippen LogP contribution is -2.13. The van der Waals surface area contributed by atoms with Crippen molar-refractivity contribution >= 4 is 16.7 Å². The molecule has 1 unspecified atom stereocenters. The Balaban J connectivity index is 1.86. The van der Waals surface area contributed by atoms with Crippen molar-refractivity contribution in [2.24, 2.45) is 0 Å². The Morgan fingerprint density at radius 2 is 1.76 bits per heavy atom. The van der Waals surface area contributed by atoms with E-state index in [-0.39, 0.29) is 6.04 Å². The van der Waals surface area contributed by atoms with E-state index in [1.807, 2.05) is 13.0 Å². The van der Waals surface area contributed by atoms with Gasteiger partial charge >= 0.3 is 0 Å². The highest BCUT2D eigenvalue weighted by molar-refractivity contribution is 5.86. The number of hydrogen-bond acceptors (Lipinski definition) is 3. The van der Waals surface area contributed by atoms with Crippen LogP contribution in [-0.2, 0) is 0 Å². The van der Waals surface area contributed by atoms with Gasteiger partial charge in [0.1, 0.15) is 5.76 Å². The Kier molecular flexibility index (Phi) is 3.80. The monoisotopic (exact) mass is 331 g/mol. The zero-order valence-corrected chi connectivity index (χ0v) is 14.6. The number of para-hydroxylation sites is 1. The normalized spacial score (nSPS) is 12.4. The number of aromatic nitrogens is 2. The van der Waals surface area contributed by atoms with Crippen LogP contribution < -0.4 is 5.32 Å². The molecule has 0 fully saturated rings. The molecule has 4 heteroatoms. The second-order valence-electron chi connectivity index (χ2n) is 6.52. The molecule has 2 N–H and O–H groups in total. The number of nitrogens with one attached hydrogen (secondary N) is 2. The summed E-state index contributed by atoms with van der Waals surface area (Å²) in [5, 5.41) is 8.89. The van der Waals surface area contributed by atoms with Crippen LogP contribution in [0.5, 0.6) is 0 Å². The standard InChI is InChI=1S/C21H21N3O/c1-13-8-10-16(11-9-13)21(23-19-12-14(2)25-24-19)20-15(3)22-18-7-5-4-6-17(18)20/h4-12,21-22H,1-3H3,(H,23,24). The second kappa shape index (κ2) is 6.13. The molecule has 2 heterocycles. The summed E-state index contributed by atoms with van der Waals surface area (Å²) in [6.45, 7) is 6.12. The predicted molar refractivity (Wildman–Crippen MR) is 101 cm³/mol. The summed E-state index contributed by atoms with van der Waals surface area (Å²) in [4.78, 5) is 3.50. The molecule has 0 amide bonds. The summed E-state index contributed by atoms with van der Waals surface area (Å²) in [6, 6.07) is 18.9. The number of rotatable bonds is 4. The molecule has 4 aromatic rings. The van der Waals surface area contributed by atoms with Crippen molar-refractivity contribution in [3.05, 3.63) is 82.7 Å². The number of aryl methyl sites for hydroxylation is 3. The smallest absolute Gasteiger partial charge is 0.170 e. The second-order valence-corrected chi connectivity index (χ2v) is 6.52. The zero-order valence-electron chi connectivity index (χ0n) is 14.6. The molecule has 4 rings (SSSR count). The van der Waals surface area contributed by atoms with Crippen LogP contribution in [0, 0.1) is 20.8 Å². The largest absolute Gasteiger partial charge is 0.360 e. The highest BCUT2D eigenvalue weighted by Crippen LogP contribution is 2.34. The van der Waals surface area contributed by atoms with Crippen molar-refractivity contribution in [3.63, 3.8) is 0 Å². The highest BCUT2D eigenvalue weighted by Gasteiger charge is 2.21. The van der Waals surface area contributed by atoms with Crippen LogP contribution in [0.2, 0.25) is 0 Å². The average molecular weight is 331 g/mol. The maximum atomic E-state index is 5.24. The Bertz CT molecular complexity index is 1010. The zero-order chi connectivity index (χ0) is 17.4. The first-order chi connectivity index (χ1) is 12.1. The van der Waals surface area contributed by atoms with Crippen molar-refractivity contribution in [1.82, 2.24) is 10.1 Å². The molecule has 0 spiro atoms. The van der Waals surface area contributed by atoms with E-state index in [9.17, 15) is 0 Å². The van der Waals surface area contributed by atoms with E-state index < -0.39 is 0 Å². The molecule has 25 heavy (non-hydrogen) atoms. The molecule has 0 saturated heterocycles. The van der Waals surface area contributed by atoms with E-state index in [0.29, 0.717) is 0 Å². The summed E-state index contributed by atoms with van der Waals surface area (Å²) in [5.74, 6) is 1.54. The molecule has 4 nitrogen and oxygen atoms in total. The van der Waals surface area contributed by atoms with Gasteiger partial charge in [-0.1, -0.05) is 53.2 Å². The third-order valence-corrected chi connectivity index (χ3v) is 4.56. The number of benzene rings is 2. The highest BCUT2D eigenvalue weighted by atomic mass is 16.5. The topological polar surface area (TPSA) is 53.9 Å². The van der Waals surface area contributed by atoms with Gasteiger partial charge in [0.15, 0.2) is 5.82 Å². The van der Waals surface area contributed by atoms with E-state index in [0.717, 1.165) is 22.8 Å². The van der Waals surface area contributed by atoms with Gasteiger partial charge in [-0.25, -0.2) is 0 Å². The van der Waals surface area contributed by atoms with Crippen LogP contribution in [0.1, 0.15) is 34.2 Å². The summed E-state index contributed by atoms with van der Waals surface area (Å²) < 4.78 is 5.24. The van der Waals surface area contributed by atoms with Crippen LogP contribution in [0.4, 0.5) is 5.82 Å². The predicted octanol–water partition coefficient (Wildman–Crippen LogP) is 5.28. The van der Waals surface area contributed by atoms with Gasteiger partial charge in [0, 0.05) is 28.2 Å². The van der Waals surface area contributed by atoms with E-state index in [1.165, 1.54) is 22.1 Å². The van der Waals surface area contributed by atoms with E-state index >= 15 is 0 Å². The maximum absolute atomic E-state index is 5.24. The van der Waals surface area contributed by atoms with Crippen molar-refractivity contribution in [2.75, 3.05) is 5.32 Å². The van der Waals surface area contributed by atoms with Crippen LogP contribution in [-0.4, -0.2) is 10.1 Å². The summed E-state index contributed by atoms with van der Waals surface area (Å²) in [6.07, 6.45) is 0. The third-order valence-electron chi connectivity index (χ3n) is 4.56. The van der Waals surface area contributed by atoms with E-state index in [4.69, 9.17) is 4.52 Å². The SMILES string of the molecule is Cc1ccc(C(Nc2cc(C)on2)c2c(C)[nH]c3ccccc23)cc1. The Morgan fingerprint density at radius 3 is 2.48 bits per heavy atom. The minimum absolute atomic E-state index is 0.0127. The van der Waals surface area contributed by atoms with Gasteiger partial charge < -0.3 is 14.8 Å². The lowest BCUT2D eigenvalue weighted by Gasteiger charge is -2.20. The molecule has 0 radical (unpaired) electrons. The molecule has 1 atom stereocenters. The summed E-state index contributed by atoms with van der Waals surface area (Å²) in [7, 11) is 0. The molecule has 0 saturated carbocycles. The van der Waals surface area contributed by atoms with Crippen LogP contribution in [0.25, 0.3) is 10.9 Å². The molecule has 0 aliphatic rings. The van der Waals surface area contributed by atoms with Gasteiger partial charge in [0.2, 0.25) is 0 Å². The first kappa shape index (κ1) is 15.5. The number of nitrogens with zero attached hydrogens (tertiary/aromatic N) is 1. The minimum Gasteiger partial charge on any atom is -0.360 e. The molecule has 0 aliphatic carbocycles. The Labute approximate surface area is 146 Å².